The highest BCUT2D eigenvalue weighted by Gasteiger charge is 2.32. The summed E-state index contributed by atoms with van der Waals surface area (Å²) >= 11 is 0. The fourth-order valence-electron chi connectivity index (χ4n) is 4.71. The SMILES string of the molecule is COc1c(C)ccc2oc(C(=O)Nc3ccc(-c4ccc(S(=O)(=O)NC(C(=O)OC(C)(C)C)C(C)C)cc4)cc3)c(C)c12. The van der Waals surface area contributed by atoms with Gasteiger partial charge in [-0.05, 0) is 87.6 Å². The Balaban J connectivity index is 1.47. The van der Waals surface area contributed by atoms with Crippen LogP contribution in [0.3, 0.4) is 0 Å². The molecule has 0 aliphatic heterocycles. The Morgan fingerprint density at radius 3 is 2.00 bits per heavy atom. The van der Waals surface area contributed by atoms with E-state index in [0.717, 1.165) is 22.1 Å². The summed E-state index contributed by atoms with van der Waals surface area (Å²) in [5, 5.41) is 3.64. The zero-order valence-corrected chi connectivity index (χ0v) is 26.5. The van der Waals surface area contributed by atoms with Gasteiger partial charge in [-0.3, -0.25) is 9.59 Å². The molecule has 1 amide bonds. The molecule has 0 aliphatic carbocycles. The second-order valence-corrected chi connectivity index (χ2v) is 13.5. The molecule has 2 N–H and O–H groups in total. The largest absolute Gasteiger partial charge is 0.496 e. The van der Waals surface area contributed by atoms with Crippen molar-refractivity contribution in [2.45, 2.75) is 65.0 Å². The Kier molecular flexibility index (Phi) is 9.03. The standard InChI is InChI=1S/C33H38N2O7S/c1-19(2)28(32(37)42-33(5,6)7)35-43(38,39)25-16-12-23(13-17-25)22-10-14-24(15-11-22)34-31(36)30-21(4)27-26(41-30)18-9-20(3)29(27)40-8/h9-19,28,35H,1-8H3,(H,34,36). The summed E-state index contributed by atoms with van der Waals surface area (Å²) in [7, 11) is -2.40. The zero-order chi connectivity index (χ0) is 31.7. The normalized spacial score (nSPS) is 12.8. The van der Waals surface area contributed by atoms with Crippen LogP contribution in [-0.2, 0) is 19.6 Å². The van der Waals surface area contributed by atoms with Gasteiger partial charge in [-0.1, -0.05) is 44.2 Å². The van der Waals surface area contributed by atoms with E-state index in [2.05, 4.69) is 10.0 Å². The first-order valence-corrected chi connectivity index (χ1v) is 15.4. The maximum atomic E-state index is 13.1. The third-order valence-electron chi connectivity index (χ3n) is 6.90. The summed E-state index contributed by atoms with van der Waals surface area (Å²) in [6, 6.07) is 16.2. The Labute approximate surface area is 252 Å². The van der Waals surface area contributed by atoms with E-state index in [1.54, 1.807) is 66.0 Å². The van der Waals surface area contributed by atoms with Gasteiger partial charge >= 0.3 is 5.97 Å². The Bertz CT molecular complexity index is 1750. The lowest BCUT2D eigenvalue weighted by Crippen LogP contribution is -2.47. The number of ether oxygens (including phenoxy) is 2. The number of anilines is 1. The van der Waals surface area contributed by atoms with Crippen LogP contribution in [-0.4, -0.2) is 39.0 Å². The molecule has 1 heterocycles. The number of benzene rings is 3. The second-order valence-electron chi connectivity index (χ2n) is 11.8. The molecule has 0 saturated heterocycles. The number of nitrogens with one attached hydrogen (secondary N) is 2. The average Bonchev–Trinajstić information content (AvgIpc) is 3.27. The number of hydrogen-bond donors (Lipinski definition) is 2. The van der Waals surface area contributed by atoms with Crippen LogP contribution >= 0.6 is 0 Å². The molecule has 0 saturated carbocycles. The highest BCUT2D eigenvalue weighted by atomic mass is 32.2. The first kappa shape index (κ1) is 31.8. The van der Waals surface area contributed by atoms with E-state index in [-0.39, 0.29) is 22.5 Å². The summed E-state index contributed by atoms with van der Waals surface area (Å²) in [4.78, 5) is 25.7. The molecular weight excluding hydrogens is 568 g/mol. The summed E-state index contributed by atoms with van der Waals surface area (Å²) in [6.45, 7) is 12.5. The van der Waals surface area contributed by atoms with Crippen molar-refractivity contribution in [2.24, 2.45) is 5.92 Å². The van der Waals surface area contributed by atoms with E-state index in [9.17, 15) is 18.0 Å². The van der Waals surface area contributed by atoms with Crippen LogP contribution in [0.2, 0.25) is 0 Å². The minimum atomic E-state index is -3.99. The summed E-state index contributed by atoms with van der Waals surface area (Å²) < 4.78 is 45.5. The van der Waals surface area contributed by atoms with Crippen molar-refractivity contribution in [3.63, 3.8) is 0 Å². The lowest BCUT2D eigenvalue weighted by Gasteiger charge is -2.26. The summed E-state index contributed by atoms with van der Waals surface area (Å²) in [5.74, 6) is -0.431. The topological polar surface area (TPSA) is 124 Å². The first-order valence-electron chi connectivity index (χ1n) is 13.9. The number of carbonyl (C=O) groups excluding carboxylic acids is 2. The number of fused-ring (bicyclic) bond motifs is 1. The van der Waals surface area contributed by atoms with E-state index in [1.807, 2.05) is 38.1 Å². The minimum Gasteiger partial charge on any atom is -0.496 e. The van der Waals surface area contributed by atoms with E-state index < -0.39 is 27.6 Å². The molecule has 4 rings (SSSR count). The van der Waals surface area contributed by atoms with Crippen molar-refractivity contribution in [2.75, 3.05) is 12.4 Å². The van der Waals surface area contributed by atoms with Gasteiger partial charge in [0, 0.05) is 11.3 Å². The first-order chi connectivity index (χ1) is 20.1. The van der Waals surface area contributed by atoms with Crippen molar-refractivity contribution in [3.05, 3.63) is 77.6 Å². The predicted molar refractivity (Wildman–Crippen MR) is 167 cm³/mol. The summed E-state index contributed by atoms with van der Waals surface area (Å²) in [5.41, 5.74) is 3.65. The van der Waals surface area contributed by atoms with Gasteiger partial charge < -0.3 is 19.2 Å². The predicted octanol–water partition coefficient (Wildman–Crippen LogP) is 6.62. The van der Waals surface area contributed by atoms with Crippen molar-refractivity contribution in [1.29, 1.82) is 0 Å². The fraction of sp³-hybridized carbons (Fsp3) is 0.333. The molecule has 228 valence electrons. The van der Waals surface area contributed by atoms with Gasteiger partial charge in [0.2, 0.25) is 10.0 Å². The van der Waals surface area contributed by atoms with Gasteiger partial charge in [-0.25, -0.2) is 8.42 Å². The molecule has 0 aliphatic rings. The number of esters is 1. The number of furan rings is 1. The molecule has 0 fully saturated rings. The molecule has 1 unspecified atom stereocenters. The lowest BCUT2D eigenvalue weighted by molar-refractivity contribution is -0.158. The molecule has 0 radical (unpaired) electrons. The van der Waals surface area contributed by atoms with Crippen LogP contribution in [0.15, 0.2) is 70.0 Å². The van der Waals surface area contributed by atoms with E-state index in [4.69, 9.17) is 13.9 Å². The monoisotopic (exact) mass is 606 g/mol. The molecule has 4 aromatic rings. The van der Waals surface area contributed by atoms with Gasteiger partial charge in [0.25, 0.3) is 5.91 Å². The van der Waals surface area contributed by atoms with Gasteiger partial charge in [-0.15, -0.1) is 0 Å². The highest BCUT2D eigenvalue weighted by molar-refractivity contribution is 7.89. The quantitative estimate of drug-likeness (QED) is 0.205. The Morgan fingerprint density at radius 2 is 1.47 bits per heavy atom. The molecule has 3 aromatic carbocycles. The molecule has 0 spiro atoms. The maximum Gasteiger partial charge on any atom is 0.324 e. The average molecular weight is 607 g/mol. The van der Waals surface area contributed by atoms with Crippen molar-refractivity contribution in [1.82, 2.24) is 4.72 Å². The van der Waals surface area contributed by atoms with Gasteiger partial charge in [0.05, 0.1) is 17.4 Å². The summed E-state index contributed by atoms with van der Waals surface area (Å²) in [6.07, 6.45) is 0. The minimum absolute atomic E-state index is 0.0300. The van der Waals surface area contributed by atoms with E-state index in [1.165, 1.54) is 12.1 Å². The van der Waals surface area contributed by atoms with Gasteiger partial charge in [0.15, 0.2) is 5.76 Å². The third-order valence-corrected chi connectivity index (χ3v) is 8.36. The zero-order valence-electron chi connectivity index (χ0n) is 25.7. The van der Waals surface area contributed by atoms with Crippen LogP contribution in [0.25, 0.3) is 22.1 Å². The van der Waals surface area contributed by atoms with Crippen LogP contribution in [0.1, 0.15) is 56.3 Å². The van der Waals surface area contributed by atoms with Crippen LogP contribution < -0.4 is 14.8 Å². The van der Waals surface area contributed by atoms with Gasteiger partial charge in [0.1, 0.15) is 23.0 Å². The van der Waals surface area contributed by atoms with E-state index >= 15 is 0 Å². The van der Waals surface area contributed by atoms with Crippen LogP contribution in [0, 0.1) is 19.8 Å². The van der Waals surface area contributed by atoms with Crippen molar-refractivity contribution in [3.8, 4) is 16.9 Å². The smallest absolute Gasteiger partial charge is 0.324 e. The second kappa shape index (κ2) is 12.2. The number of sulfonamides is 1. The molecule has 1 aromatic heterocycles. The highest BCUT2D eigenvalue weighted by Crippen LogP contribution is 2.36. The van der Waals surface area contributed by atoms with E-state index in [0.29, 0.717) is 22.6 Å². The number of methoxy groups -OCH3 is 1. The molecular formula is C33H38N2O7S. The third kappa shape index (κ3) is 7.09. The van der Waals surface area contributed by atoms with Crippen molar-refractivity contribution < 1.29 is 31.9 Å². The van der Waals surface area contributed by atoms with Gasteiger partial charge in [-0.2, -0.15) is 4.72 Å². The lowest BCUT2D eigenvalue weighted by atomic mass is 10.1. The number of rotatable bonds is 9. The molecule has 43 heavy (non-hydrogen) atoms. The Morgan fingerprint density at radius 1 is 0.884 bits per heavy atom. The Hall–Kier alpha value is -4.15. The van der Waals surface area contributed by atoms with Crippen molar-refractivity contribution >= 4 is 38.6 Å². The maximum absolute atomic E-state index is 13.1. The van der Waals surface area contributed by atoms with Crippen LogP contribution in [0.5, 0.6) is 5.75 Å². The number of carbonyl (C=O) groups is 2. The molecule has 1 atom stereocenters. The molecule has 9 nitrogen and oxygen atoms in total. The van der Waals surface area contributed by atoms with Crippen LogP contribution in [0.4, 0.5) is 5.69 Å². The number of aryl methyl sites for hydroxylation is 2. The number of hydrogen-bond acceptors (Lipinski definition) is 7. The molecule has 10 heteroatoms. The number of amides is 1. The fourth-order valence-corrected chi connectivity index (χ4v) is 6.04. The molecule has 0 bridgehead atoms.